The first-order valence-corrected chi connectivity index (χ1v) is 8.20. The molecule has 0 aliphatic rings. The number of nitrogen functional groups attached to an aromatic ring is 1. The Kier molecular flexibility index (Phi) is 5.22. The highest BCUT2D eigenvalue weighted by Gasteiger charge is 2.18. The van der Waals surface area contributed by atoms with Crippen molar-refractivity contribution in [3.8, 4) is 0 Å². The summed E-state index contributed by atoms with van der Waals surface area (Å²) in [5.74, 6) is -0.270. The highest BCUT2D eigenvalue weighted by atomic mass is 32.2. The molecule has 0 saturated heterocycles. The second-order valence-electron chi connectivity index (χ2n) is 5.85. The van der Waals surface area contributed by atoms with E-state index in [9.17, 15) is 13.2 Å². The van der Waals surface area contributed by atoms with Gasteiger partial charge in [0.25, 0.3) is 0 Å². The fourth-order valence-electron chi connectivity index (χ4n) is 1.55. The van der Waals surface area contributed by atoms with E-state index in [4.69, 9.17) is 10.5 Å². The first-order chi connectivity index (χ1) is 9.51. The van der Waals surface area contributed by atoms with Gasteiger partial charge < -0.3 is 15.8 Å². The fourth-order valence-corrected chi connectivity index (χ4v) is 2.72. The first-order valence-electron chi connectivity index (χ1n) is 6.55. The maximum Gasteiger partial charge on any atom is 0.407 e. The number of carbonyl (C=O) groups is 1. The van der Waals surface area contributed by atoms with Crippen LogP contribution in [0.5, 0.6) is 0 Å². The highest BCUT2D eigenvalue weighted by Crippen LogP contribution is 2.18. The van der Waals surface area contributed by atoms with Gasteiger partial charge in [-0.15, -0.1) is 0 Å². The number of carbonyl (C=O) groups excluding carboxylic acids is 1. The molecular formula is C14H22N2O4S. The number of benzene rings is 1. The smallest absolute Gasteiger partial charge is 0.407 e. The summed E-state index contributed by atoms with van der Waals surface area (Å²) < 4.78 is 29.1. The zero-order valence-corrected chi connectivity index (χ0v) is 13.6. The molecule has 6 nitrogen and oxygen atoms in total. The minimum absolute atomic E-state index is 0.175. The van der Waals surface area contributed by atoms with Crippen LogP contribution in [0.2, 0.25) is 0 Å². The van der Waals surface area contributed by atoms with Crippen molar-refractivity contribution >= 4 is 21.6 Å². The Hall–Kier alpha value is -1.76. The minimum atomic E-state index is -3.50. The number of anilines is 1. The molecule has 1 aromatic carbocycles. The second-order valence-corrected chi connectivity index (χ2v) is 7.96. The van der Waals surface area contributed by atoms with E-state index in [1.165, 1.54) is 12.1 Å². The summed E-state index contributed by atoms with van der Waals surface area (Å²) in [6.45, 7) is 6.96. The average molecular weight is 314 g/mol. The monoisotopic (exact) mass is 314 g/mol. The average Bonchev–Trinajstić information content (AvgIpc) is 2.29. The van der Waals surface area contributed by atoms with Gasteiger partial charge in [0.2, 0.25) is 0 Å². The van der Waals surface area contributed by atoms with Crippen molar-refractivity contribution in [1.29, 1.82) is 0 Å². The maximum absolute atomic E-state index is 12.1. The van der Waals surface area contributed by atoms with Crippen LogP contribution in [0.3, 0.4) is 0 Å². The van der Waals surface area contributed by atoms with E-state index < -0.39 is 21.5 Å². The van der Waals surface area contributed by atoms with Crippen molar-refractivity contribution in [3.63, 3.8) is 0 Å². The Labute approximate surface area is 125 Å². The molecule has 0 aliphatic carbocycles. The van der Waals surface area contributed by atoms with Crippen LogP contribution in [0.1, 0.15) is 26.3 Å². The predicted molar refractivity (Wildman–Crippen MR) is 81.9 cm³/mol. The summed E-state index contributed by atoms with van der Waals surface area (Å²) in [5.41, 5.74) is 6.47. The molecule has 1 rings (SSSR count). The van der Waals surface area contributed by atoms with E-state index in [-0.39, 0.29) is 17.3 Å². The highest BCUT2D eigenvalue weighted by molar-refractivity contribution is 7.91. The Morgan fingerprint density at radius 1 is 1.33 bits per heavy atom. The number of amides is 1. The Bertz CT molecular complexity index is 618. The normalized spacial score (nSPS) is 12.0. The van der Waals surface area contributed by atoms with Gasteiger partial charge in [-0.2, -0.15) is 0 Å². The van der Waals surface area contributed by atoms with Crippen LogP contribution in [0.4, 0.5) is 10.5 Å². The van der Waals surface area contributed by atoms with Gasteiger partial charge >= 0.3 is 6.09 Å². The Morgan fingerprint density at radius 3 is 2.48 bits per heavy atom. The number of sulfone groups is 1. The molecule has 0 bridgehead atoms. The molecule has 21 heavy (non-hydrogen) atoms. The van der Waals surface area contributed by atoms with Gasteiger partial charge in [0.1, 0.15) is 6.61 Å². The van der Waals surface area contributed by atoms with Gasteiger partial charge in [-0.25, -0.2) is 13.2 Å². The van der Waals surface area contributed by atoms with E-state index >= 15 is 0 Å². The van der Waals surface area contributed by atoms with Gasteiger partial charge in [0.15, 0.2) is 9.84 Å². The summed E-state index contributed by atoms with van der Waals surface area (Å²) in [4.78, 5) is 11.6. The standard InChI is InChI=1S/C14H22N2O4S/c1-10-9-11(5-6-12(10)15)21(18,19)8-7-20-13(17)16-14(2,3)4/h5-6,9H,7-8,15H2,1-4H3,(H,16,17). The lowest BCUT2D eigenvalue weighted by Crippen LogP contribution is -2.41. The molecule has 0 heterocycles. The molecule has 0 aromatic heterocycles. The molecule has 1 amide bonds. The maximum atomic E-state index is 12.1. The predicted octanol–water partition coefficient (Wildman–Crippen LogP) is 1.88. The third-order valence-corrected chi connectivity index (χ3v) is 4.34. The van der Waals surface area contributed by atoms with Crippen molar-refractivity contribution in [2.24, 2.45) is 0 Å². The number of nitrogens with two attached hydrogens (primary N) is 1. The molecule has 0 aliphatic heterocycles. The van der Waals surface area contributed by atoms with E-state index in [0.29, 0.717) is 11.3 Å². The number of hydrogen-bond acceptors (Lipinski definition) is 5. The molecule has 7 heteroatoms. The third kappa shape index (κ3) is 5.63. The molecule has 0 fully saturated rings. The van der Waals surface area contributed by atoms with Crippen molar-refractivity contribution in [1.82, 2.24) is 5.32 Å². The number of rotatable bonds is 4. The topological polar surface area (TPSA) is 98.5 Å². The number of ether oxygens (including phenoxy) is 1. The summed E-state index contributed by atoms with van der Waals surface area (Å²) in [6, 6.07) is 4.52. The van der Waals surface area contributed by atoms with Crippen LogP contribution in [-0.4, -0.2) is 32.4 Å². The molecular weight excluding hydrogens is 292 g/mol. The van der Waals surface area contributed by atoms with Crippen LogP contribution < -0.4 is 11.1 Å². The third-order valence-electron chi connectivity index (χ3n) is 2.66. The quantitative estimate of drug-likeness (QED) is 0.827. The van der Waals surface area contributed by atoms with E-state index in [1.807, 2.05) is 20.8 Å². The summed E-state index contributed by atoms with van der Waals surface area (Å²) in [5, 5.41) is 2.59. The van der Waals surface area contributed by atoms with E-state index in [0.717, 1.165) is 0 Å². The molecule has 1 aromatic rings. The fraction of sp³-hybridized carbons (Fsp3) is 0.500. The lowest BCUT2D eigenvalue weighted by molar-refractivity contribution is 0.144. The molecule has 0 atom stereocenters. The van der Waals surface area contributed by atoms with Crippen LogP contribution in [0.15, 0.2) is 23.1 Å². The van der Waals surface area contributed by atoms with Crippen molar-refractivity contribution in [3.05, 3.63) is 23.8 Å². The lowest BCUT2D eigenvalue weighted by Gasteiger charge is -2.19. The Balaban J connectivity index is 2.61. The molecule has 0 saturated carbocycles. The van der Waals surface area contributed by atoms with Gasteiger partial charge in [-0.05, 0) is 51.5 Å². The molecule has 0 spiro atoms. The number of hydrogen-bond donors (Lipinski definition) is 2. The molecule has 3 N–H and O–H groups in total. The second kappa shape index (κ2) is 6.34. The zero-order chi connectivity index (χ0) is 16.3. The first kappa shape index (κ1) is 17.3. The van der Waals surface area contributed by atoms with Gasteiger partial charge in [-0.3, -0.25) is 0 Å². The van der Waals surface area contributed by atoms with Crippen LogP contribution in [-0.2, 0) is 14.6 Å². The van der Waals surface area contributed by atoms with Crippen LogP contribution >= 0.6 is 0 Å². The van der Waals surface area contributed by atoms with Gasteiger partial charge in [0, 0.05) is 11.2 Å². The molecule has 0 unspecified atom stereocenters. The minimum Gasteiger partial charge on any atom is -0.448 e. The lowest BCUT2D eigenvalue weighted by atomic mass is 10.1. The summed E-state index contributed by atoms with van der Waals surface area (Å²) >= 11 is 0. The van der Waals surface area contributed by atoms with E-state index in [2.05, 4.69) is 5.32 Å². The van der Waals surface area contributed by atoms with Crippen molar-refractivity contribution in [2.45, 2.75) is 38.1 Å². The van der Waals surface area contributed by atoms with Gasteiger partial charge in [0.05, 0.1) is 10.6 Å². The largest absolute Gasteiger partial charge is 0.448 e. The zero-order valence-electron chi connectivity index (χ0n) is 12.8. The Morgan fingerprint density at radius 2 is 1.95 bits per heavy atom. The van der Waals surface area contributed by atoms with Crippen molar-refractivity contribution in [2.75, 3.05) is 18.1 Å². The SMILES string of the molecule is Cc1cc(S(=O)(=O)CCOC(=O)NC(C)(C)C)ccc1N. The van der Waals surface area contributed by atoms with E-state index in [1.54, 1.807) is 13.0 Å². The molecule has 0 radical (unpaired) electrons. The van der Waals surface area contributed by atoms with Gasteiger partial charge in [-0.1, -0.05) is 0 Å². The number of alkyl carbamates (subject to hydrolysis) is 1. The molecule has 118 valence electrons. The summed E-state index contributed by atoms with van der Waals surface area (Å²) in [6.07, 6.45) is -0.633. The summed E-state index contributed by atoms with van der Waals surface area (Å²) in [7, 11) is -3.50. The number of aryl methyl sites for hydroxylation is 1. The van der Waals surface area contributed by atoms with Crippen LogP contribution in [0, 0.1) is 6.92 Å². The van der Waals surface area contributed by atoms with Crippen molar-refractivity contribution < 1.29 is 17.9 Å². The number of nitrogens with one attached hydrogen (secondary N) is 1. The van der Waals surface area contributed by atoms with Crippen LogP contribution in [0.25, 0.3) is 0 Å².